The number of aliphatic hydroxyl groups is 2. The summed E-state index contributed by atoms with van der Waals surface area (Å²) in [6, 6.07) is 5.25. The van der Waals surface area contributed by atoms with Crippen molar-refractivity contribution in [2.75, 3.05) is 0 Å². The van der Waals surface area contributed by atoms with E-state index in [-0.39, 0.29) is 0 Å². The molecule has 16 heavy (non-hydrogen) atoms. The van der Waals surface area contributed by atoms with Crippen LogP contribution in [0.15, 0.2) is 22.7 Å². The summed E-state index contributed by atoms with van der Waals surface area (Å²) in [4.78, 5) is 10.8. The summed E-state index contributed by atoms with van der Waals surface area (Å²) in [6.07, 6.45) is -2.16. The van der Waals surface area contributed by atoms with Gasteiger partial charge in [-0.2, -0.15) is 0 Å². The van der Waals surface area contributed by atoms with Crippen molar-refractivity contribution in [3.63, 3.8) is 0 Å². The summed E-state index contributed by atoms with van der Waals surface area (Å²) in [6.45, 7) is 1.93. The average Bonchev–Trinajstić information content (AvgIpc) is 2.26. The lowest BCUT2D eigenvalue weighted by atomic mass is 9.97. The molecule has 4 nitrogen and oxygen atoms in total. The van der Waals surface area contributed by atoms with Crippen molar-refractivity contribution in [2.24, 2.45) is 5.73 Å². The van der Waals surface area contributed by atoms with E-state index < -0.39 is 18.1 Å². The Morgan fingerprint density at radius 1 is 1.50 bits per heavy atom. The molecule has 0 aromatic heterocycles. The maximum Gasteiger partial charge on any atom is 0.249 e. The molecule has 4 N–H and O–H groups in total. The number of aliphatic hydroxyl groups excluding tert-OH is 2. The maximum atomic E-state index is 10.8. The van der Waals surface area contributed by atoms with Crippen molar-refractivity contribution in [3.8, 4) is 0 Å². The first-order valence-corrected chi connectivity index (χ1v) is 5.70. The number of carbonyl (C=O) groups is 1. The van der Waals surface area contributed by atoms with E-state index >= 15 is 0 Å². The van der Waals surface area contributed by atoms with Crippen molar-refractivity contribution < 1.29 is 15.0 Å². The first-order chi connectivity index (χ1) is 7.47. The molecule has 0 saturated heterocycles. The highest BCUT2D eigenvalue weighted by Gasteiger charge is 2.25. The lowest BCUT2D eigenvalue weighted by Gasteiger charge is -2.18. The lowest BCUT2D eigenvalue weighted by molar-refractivity contribution is -0.132. The number of halogens is 1. The van der Waals surface area contributed by atoms with Crippen molar-refractivity contribution in [3.05, 3.63) is 33.8 Å². The predicted octanol–water partition coefficient (Wildman–Crippen LogP) is 0.891. The monoisotopic (exact) mass is 287 g/mol. The van der Waals surface area contributed by atoms with E-state index in [1.165, 1.54) is 0 Å². The minimum Gasteiger partial charge on any atom is -0.385 e. The second kappa shape index (κ2) is 5.43. The Morgan fingerprint density at radius 2 is 2.12 bits per heavy atom. The zero-order chi connectivity index (χ0) is 12.3. The third-order valence-electron chi connectivity index (χ3n) is 2.40. The number of hydrogen-bond acceptors (Lipinski definition) is 3. The van der Waals surface area contributed by atoms with E-state index in [2.05, 4.69) is 15.9 Å². The van der Waals surface area contributed by atoms with Crippen LogP contribution in [-0.4, -0.2) is 22.2 Å². The largest absolute Gasteiger partial charge is 0.385 e. The van der Waals surface area contributed by atoms with E-state index in [9.17, 15) is 15.0 Å². The van der Waals surface area contributed by atoms with Gasteiger partial charge in [-0.05, 0) is 29.7 Å². The van der Waals surface area contributed by atoms with E-state index in [4.69, 9.17) is 5.73 Å². The van der Waals surface area contributed by atoms with Crippen LogP contribution in [0.5, 0.6) is 0 Å². The molecule has 1 aromatic carbocycles. The van der Waals surface area contributed by atoms with Crippen LogP contribution >= 0.6 is 15.9 Å². The van der Waals surface area contributed by atoms with Gasteiger partial charge in [-0.1, -0.05) is 28.9 Å². The number of rotatable bonds is 4. The van der Waals surface area contributed by atoms with Gasteiger partial charge in [0.1, 0.15) is 6.10 Å². The van der Waals surface area contributed by atoms with Crippen LogP contribution in [0.3, 0.4) is 0 Å². The molecule has 0 heterocycles. The molecule has 5 heteroatoms. The van der Waals surface area contributed by atoms with Gasteiger partial charge in [0.05, 0.1) is 0 Å². The number of benzene rings is 1. The number of primary amides is 1. The molecular weight excluding hydrogens is 274 g/mol. The SMILES string of the molecule is CCc1cc(Br)ccc1C(O)C(O)C(N)=O. The van der Waals surface area contributed by atoms with Crippen LogP contribution in [0.25, 0.3) is 0 Å². The summed E-state index contributed by atoms with van der Waals surface area (Å²) in [5, 5.41) is 19.2. The Kier molecular flexibility index (Phi) is 4.46. The smallest absolute Gasteiger partial charge is 0.249 e. The zero-order valence-electron chi connectivity index (χ0n) is 8.85. The van der Waals surface area contributed by atoms with Crippen LogP contribution in [0.1, 0.15) is 24.2 Å². The van der Waals surface area contributed by atoms with Crippen molar-refractivity contribution in [2.45, 2.75) is 25.6 Å². The van der Waals surface area contributed by atoms with Gasteiger partial charge in [0.25, 0.3) is 0 Å². The van der Waals surface area contributed by atoms with Crippen LogP contribution in [-0.2, 0) is 11.2 Å². The lowest BCUT2D eigenvalue weighted by Crippen LogP contribution is -2.34. The van der Waals surface area contributed by atoms with Crippen LogP contribution in [0, 0.1) is 0 Å². The quantitative estimate of drug-likeness (QED) is 0.769. The van der Waals surface area contributed by atoms with Crippen LogP contribution in [0.2, 0.25) is 0 Å². The minimum atomic E-state index is -1.58. The second-order valence-electron chi connectivity index (χ2n) is 3.49. The van der Waals surface area contributed by atoms with Crippen molar-refractivity contribution in [1.29, 1.82) is 0 Å². The van der Waals surface area contributed by atoms with Gasteiger partial charge >= 0.3 is 0 Å². The Bertz CT molecular complexity index is 395. The predicted molar refractivity (Wildman–Crippen MR) is 63.7 cm³/mol. The van der Waals surface area contributed by atoms with E-state index in [0.717, 1.165) is 10.0 Å². The van der Waals surface area contributed by atoms with Crippen LogP contribution < -0.4 is 5.73 Å². The second-order valence-corrected chi connectivity index (χ2v) is 4.40. The normalized spacial score (nSPS) is 14.5. The number of aryl methyl sites for hydroxylation is 1. The zero-order valence-corrected chi connectivity index (χ0v) is 10.4. The van der Waals surface area contributed by atoms with Gasteiger partial charge in [-0.25, -0.2) is 0 Å². The number of amides is 1. The van der Waals surface area contributed by atoms with E-state index in [0.29, 0.717) is 12.0 Å². The van der Waals surface area contributed by atoms with Gasteiger partial charge in [-0.3, -0.25) is 4.79 Å². The Morgan fingerprint density at radius 3 is 2.62 bits per heavy atom. The third-order valence-corrected chi connectivity index (χ3v) is 2.89. The highest BCUT2D eigenvalue weighted by Crippen LogP contribution is 2.25. The summed E-state index contributed by atoms with van der Waals surface area (Å²) in [5.41, 5.74) is 6.33. The highest BCUT2D eigenvalue weighted by atomic mass is 79.9. The number of nitrogens with two attached hydrogens (primary N) is 1. The molecule has 88 valence electrons. The topological polar surface area (TPSA) is 83.6 Å². The first-order valence-electron chi connectivity index (χ1n) is 4.91. The summed E-state index contributed by atoms with van der Waals surface area (Å²) in [5.74, 6) is -0.933. The molecule has 0 fully saturated rings. The molecule has 0 aliphatic rings. The van der Waals surface area contributed by atoms with Crippen molar-refractivity contribution in [1.82, 2.24) is 0 Å². The molecule has 2 unspecified atom stereocenters. The molecule has 0 spiro atoms. The highest BCUT2D eigenvalue weighted by molar-refractivity contribution is 9.10. The summed E-state index contributed by atoms with van der Waals surface area (Å²) < 4.78 is 0.883. The fourth-order valence-electron chi connectivity index (χ4n) is 1.49. The summed E-state index contributed by atoms with van der Waals surface area (Å²) in [7, 11) is 0. The van der Waals surface area contributed by atoms with Gasteiger partial charge in [0.15, 0.2) is 6.10 Å². The van der Waals surface area contributed by atoms with Crippen LogP contribution in [0.4, 0.5) is 0 Å². The molecule has 0 saturated carbocycles. The number of carbonyl (C=O) groups excluding carboxylic acids is 1. The molecule has 2 atom stereocenters. The first kappa shape index (κ1) is 13.2. The molecule has 0 radical (unpaired) electrons. The molecular formula is C11H14BrNO3. The molecule has 0 aliphatic heterocycles. The fourth-order valence-corrected chi connectivity index (χ4v) is 1.90. The molecule has 1 rings (SSSR count). The maximum absolute atomic E-state index is 10.8. The Labute approximate surface area is 102 Å². The molecule has 0 bridgehead atoms. The molecule has 0 aliphatic carbocycles. The van der Waals surface area contributed by atoms with Gasteiger partial charge in [0, 0.05) is 4.47 Å². The molecule has 1 amide bonds. The van der Waals surface area contributed by atoms with E-state index in [1.54, 1.807) is 12.1 Å². The minimum absolute atomic E-state index is 0.525. The standard InChI is InChI=1S/C11H14BrNO3/c1-2-6-5-7(12)3-4-8(6)9(14)10(15)11(13)16/h3-5,9-10,14-15H,2H2,1H3,(H2,13,16). The number of hydrogen-bond donors (Lipinski definition) is 3. The Hall–Kier alpha value is -0.910. The Balaban J connectivity index is 3.07. The van der Waals surface area contributed by atoms with Gasteiger partial charge < -0.3 is 15.9 Å². The van der Waals surface area contributed by atoms with Gasteiger partial charge in [0.2, 0.25) is 5.91 Å². The third kappa shape index (κ3) is 2.81. The summed E-state index contributed by atoms with van der Waals surface area (Å²) >= 11 is 3.32. The van der Waals surface area contributed by atoms with Crippen molar-refractivity contribution >= 4 is 21.8 Å². The molecule has 1 aromatic rings. The van der Waals surface area contributed by atoms with E-state index in [1.807, 2.05) is 13.0 Å². The average molecular weight is 288 g/mol. The fraction of sp³-hybridized carbons (Fsp3) is 0.364. The van der Waals surface area contributed by atoms with Gasteiger partial charge in [-0.15, -0.1) is 0 Å².